The van der Waals surface area contributed by atoms with Gasteiger partial charge >= 0.3 is 0 Å². The van der Waals surface area contributed by atoms with Crippen LogP contribution >= 0.6 is 0 Å². The number of carbonyl (C=O) groups is 1. The van der Waals surface area contributed by atoms with Crippen molar-refractivity contribution in [3.63, 3.8) is 0 Å². The molecule has 102 valence electrons. The monoisotopic (exact) mass is 259 g/mol. The number of anilines is 1. The summed E-state index contributed by atoms with van der Waals surface area (Å²) in [4.78, 5) is 11.2. The van der Waals surface area contributed by atoms with Gasteiger partial charge in [-0.3, -0.25) is 15.2 Å². The highest BCUT2D eigenvalue weighted by atomic mass is 16.2. The maximum absolute atomic E-state index is 11.2. The Balaban J connectivity index is 1.60. The molecule has 19 heavy (non-hydrogen) atoms. The van der Waals surface area contributed by atoms with Crippen LogP contribution in [0.15, 0.2) is 24.3 Å². The Morgan fingerprint density at radius 3 is 2.74 bits per heavy atom. The van der Waals surface area contributed by atoms with Crippen molar-refractivity contribution in [3.8, 4) is 0 Å². The van der Waals surface area contributed by atoms with Crippen LogP contribution in [-0.2, 0) is 11.2 Å². The van der Waals surface area contributed by atoms with E-state index >= 15 is 0 Å². The molecule has 2 aliphatic heterocycles. The van der Waals surface area contributed by atoms with E-state index < -0.39 is 0 Å². The molecule has 2 aliphatic rings. The zero-order valence-corrected chi connectivity index (χ0v) is 11.2. The van der Waals surface area contributed by atoms with Crippen LogP contribution in [0.25, 0.3) is 0 Å². The third-order valence-electron chi connectivity index (χ3n) is 3.99. The molecular weight excluding hydrogens is 238 g/mol. The van der Waals surface area contributed by atoms with Gasteiger partial charge in [0.2, 0.25) is 5.91 Å². The summed E-state index contributed by atoms with van der Waals surface area (Å²) >= 11 is 0. The van der Waals surface area contributed by atoms with Crippen LogP contribution < -0.4 is 15.8 Å². The Morgan fingerprint density at radius 1 is 1.26 bits per heavy atom. The predicted octanol–water partition coefficient (Wildman–Crippen LogP) is 1.47. The summed E-state index contributed by atoms with van der Waals surface area (Å²) in [6.45, 7) is 3.08. The molecule has 3 rings (SSSR count). The number of hydrogen-bond acceptors (Lipinski definition) is 3. The molecule has 0 radical (unpaired) electrons. The lowest BCUT2D eigenvalue weighted by molar-refractivity contribution is -0.119. The number of rotatable bonds is 3. The zero-order valence-electron chi connectivity index (χ0n) is 11.2. The van der Waals surface area contributed by atoms with Crippen molar-refractivity contribution in [2.75, 3.05) is 24.6 Å². The fourth-order valence-electron chi connectivity index (χ4n) is 2.91. The molecule has 0 bridgehead atoms. The predicted molar refractivity (Wildman–Crippen MR) is 75.8 cm³/mol. The number of amides is 1. The van der Waals surface area contributed by atoms with Gasteiger partial charge in [0.05, 0.1) is 5.69 Å². The van der Waals surface area contributed by atoms with E-state index in [1.165, 1.54) is 24.9 Å². The van der Waals surface area contributed by atoms with Gasteiger partial charge in [0.1, 0.15) is 0 Å². The van der Waals surface area contributed by atoms with Crippen molar-refractivity contribution >= 4 is 11.6 Å². The van der Waals surface area contributed by atoms with Crippen LogP contribution in [0, 0.1) is 5.92 Å². The normalized spacial score (nSPS) is 23.5. The molecule has 0 spiro atoms. The minimum absolute atomic E-state index is 0.109. The van der Waals surface area contributed by atoms with Crippen LogP contribution in [0.1, 0.15) is 24.8 Å². The van der Waals surface area contributed by atoms with Crippen molar-refractivity contribution in [3.05, 3.63) is 29.8 Å². The summed E-state index contributed by atoms with van der Waals surface area (Å²) in [5, 5.41) is 5.39. The topological polar surface area (TPSA) is 44.4 Å². The first-order valence-corrected chi connectivity index (χ1v) is 7.18. The Bertz CT molecular complexity index is 437. The van der Waals surface area contributed by atoms with Crippen molar-refractivity contribution in [2.45, 2.75) is 25.7 Å². The summed E-state index contributed by atoms with van der Waals surface area (Å²) in [6, 6.07) is 8.59. The van der Waals surface area contributed by atoms with E-state index in [0.29, 0.717) is 6.42 Å². The number of hydrogen-bond donors (Lipinski definition) is 2. The SMILES string of the molecule is O=C1CCN(c2ccc(CC3CCCNC3)cc2)N1. The van der Waals surface area contributed by atoms with Crippen LogP contribution in [0.5, 0.6) is 0 Å². The molecule has 1 amide bonds. The number of piperidine rings is 1. The smallest absolute Gasteiger partial charge is 0.240 e. The fourth-order valence-corrected chi connectivity index (χ4v) is 2.91. The maximum atomic E-state index is 11.2. The third-order valence-corrected chi connectivity index (χ3v) is 3.99. The lowest BCUT2D eigenvalue weighted by Crippen LogP contribution is -2.33. The van der Waals surface area contributed by atoms with Crippen LogP contribution in [0.3, 0.4) is 0 Å². The van der Waals surface area contributed by atoms with Gasteiger partial charge in [-0.25, -0.2) is 0 Å². The van der Waals surface area contributed by atoms with E-state index in [9.17, 15) is 4.79 Å². The molecule has 2 saturated heterocycles. The molecule has 2 heterocycles. The molecular formula is C15H21N3O. The van der Waals surface area contributed by atoms with Gasteiger partial charge in [-0.15, -0.1) is 0 Å². The quantitative estimate of drug-likeness (QED) is 0.864. The molecule has 1 aromatic carbocycles. The fraction of sp³-hybridized carbons (Fsp3) is 0.533. The highest BCUT2D eigenvalue weighted by Gasteiger charge is 2.18. The summed E-state index contributed by atoms with van der Waals surface area (Å²) in [5.74, 6) is 0.878. The molecule has 0 saturated carbocycles. The average Bonchev–Trinajstić information content (AvgIpc) is 2.87. The second-order valence-corrected chi connectivity index (χ2v) is 5.52. The van der Waals surface area contributed by atoms with Crippen molar-refractivity contribution in [2.24, 2.45) is 5.92 Å². The second kappa shape index (κ2) is 5.61. The first-order chi connectivity index (χ1) is 9.31. The standard InChI is InChI=1S/C15H21N3O/c19-15-7-9-18(17-15)14-5-3-12(4-6-14)10-13-2-1-8-16-11-13/h3-6,13,16H,1-2,7-11H2,(H,17,19). The van der Waals surface area contributed by atoms with Crippen molar-refractivity contribution < 1.29 is 4.79 Å². The summed E-state index contributed by atoms with van der Waals surface area (Å²) in [5.41, 5.74) is 5.33. The van der Waals surface area contributed by atoms with Crippen LogP contribution in [0.4, 0.5) is 5.69 Å². The number of benzene rings is 1. The number of carbonyl (C=O) groups excluding carboxylic acids is 1. The molecule has 4 heteroatoms. The van der Waals surface area contributed by atoms with Gasteiger partial charge in [-0.05, 0) is 56.0 Å². The summed E-state index contributed by atoms with van der Waals surface area (Å²) in [6.07, 6.45) is 4.37. The Labute approximate surface area is 114 Å². The van der Waals surface area contributed by atoms with E-state index in [1.807, 2.05) is 5.01 Å². The van der Waals surface area contributed by atoms with E-state index in [0.717, 1.165) is 31.1 Å². The van der Waals surface area contributed by atoms with Gasteiger partial charge in [-0.2, -0.15) is 0 Å². The maximum Gasteiger partial charge on any atom is 0.240 e. The molecule has 2 fully saturated rings. The number of hydrazine groups is 1. The van der Waals surface area contributed by atoms with E-state index in [4.69, 9.17) is 0 Å². The van der Waals surface area contributed by atoms with Crippen LogP contribution in [0.2, 0.25) is 0 Å². The highest BCUT2D eigenvalue weighted by molar-refractivity contribution is 5.81. The van der Waals surface area contributed by atoms with Gasteiger partial charge in [-0.1, -0.05) is 12.1 Å². The van der Waals surface area contributed by atoms with E-state index in [-0.39, 0.29) is 5.91 Å². The molecule has 4 nitrogen and oxygen atoms in total. The molecule has 0 aliphatic carbocycles. The first-order valence-electron chi connectivity index (χ1n) is 7.18. The van der Waals surface area contributed by atoms with E-state index in [2.05, 4.69) is 35.0 Å². The Kier molecular flexibility index (Phi) is 3.69. The van der Waals surface area contributed by atoms with Crippen LogP contribution in [-0.4, -0.2) is 25.5 Å². The molecule has 0 aromatic heterocycles. The molecule has 1 unspecified atom stereocenters. The molecule has 1 atom stereocenters. The molecule has 1 aromatic rings. The zero-order chi connectivity index (χ0) is 13.1. The van der Waals surface area contributed by atoms with E-state index in [1.54, 1.807) is 0 Å². The Hall–Kier alpha value is -1.55. The highest BCUT2D eigenvalue weighted by Crippen LogP contribution is 2.20. The molecule has 2 N–H and O–H groups in total. The second-order valence-electron chi connectivity index (χ2n) is 5.52. The first kappa shape index (κ1) is 12.5. The summed E-state index contributed by atoms with van der Waals surface area (Å²) in [7, 11) is 0. The number of nitrogens with zero attached hydrogens (tertiary/aromatic N) is 1. The summed E-state index contributed by atoms with van der Waals surface area (Å²) < 4.78 is 0. The van der Waals surface area contributed by atoms with Gasteiger partial charge in [0.15, 0.2) is 0 Å². The van der Waals surface area contributed by atoms with Crippen molar-refractivity contribution in [1.82, 2.24) is 10.7 Å². The third kappa shape index (κ3) is 3.07. The minimum Gasteiger partial charge on any atom is -0.316 e. The van der Waals surface area contributed by atoms with Gasteiger partial charge in [0, 0.05) is 13.0 Å². The lowest BCUT2D eigenvalue weighted by atomic mass is 9.92. The van der Waals surface area contributed by atoms with Gasteiger partial charge < -0.3 is 5.32 Å². The average molecular weight is 259 g/mol. The van der Waals surface area contributed by atoms with Crippen molar-refractivity contribution in [1.29, 1.82) is 0 Å². The largest absolute Gasteiger partial charge is 0.316 e. The Morgan fingerprint density at radius 2 is 2.11 bits per heavy atom. The number of nitrogens with one attached hydrogen (secondary N) is 2. The van der Waals surface area contributed by atoms with Gasteiger partial charge in [0.25, 0.3) is 0 Å². The lowest BCUT2D eigenvalue weighted by Gasteiger charge is -2.23. The minimum atomic E-state index is 0.109.